The maximum Gasteiger partial charge on any atom is 0.425 e. The van der Waals surface area contributed by atoms with Crippen LogP contribution in [0.5, 0.6) is 0 Å². The number of halogens is 3. The predicted molar refractivity (Wildman–Crippen MR) is 89.6 cm³/mol. The van der Waals surface area contributed by atoms with E-state index in [0.717, 1.165) is 24.0 Å². The number of carbonyl (C=O) groups excluding carboxylic acids is 2. The molecule has 3 rings (SSSR count). The number of hydrogen-bond donors (Lipinski definition) is 2. The lowest BCUT2D eigenvalue weighted by Gasteiger charge is -2.31. The summed E-state index contributed by atoms with van der Waals surface area (Å²) in [5.41, 5.74) is -3.01. The lowest BCUT2D eigenvalue weighted by Crippen LogP contribution is -2.60. The van der Waals surface area contributed by atoms with Gasteiger partial charge < -0.3 is 15.4 Å². The van der Waals surface area contributed by atoms with Crippen molar-refractivity contribution in [3.8, 4) is 0 Å². The second-order valence-electron chi connectivity index (χ2n) is 5.76. The summed E-state index contributed by atoms with van der Waals surface area (Å²) in [5.74, 6) is -2.65. The molecular formula is C16H14F3N3O3S. The molecule has 1 atom stereocenters. The van der Waals surface area contributed by atoms with E-state index in [4.69, 9.17) is 0 Å². The molecule has 0 bridgehead atoms. The smallest absolute Gasteiger partial charge is 0.425 e. The maximum atomic E-state index is 14.0. The Morgan fingerprint density at radius 1 is 1.35 bits per heavy atom. The molecule has 138 valence electrons. The predicted octanol–water partition coefficient (Wildman–Crippen LogP) is 2.89. The first kappa shape index (κ1) is 18.2. The summed E-state index contributed by atoms with van der Waals surface area (Å²) in [7, 11) is 0.952. The molecule has 1 aromatic heterocycles. The van der Waals surface area contributed by atoms with Crippen LogP contribution in [-0.4, -0.2) is 35.7 Å². The van der Waals surface area contributed by atoms with Crippen molar-refractivity contribution >= 4 is 38.6 Å². The number of benzene rings is 1. The van der Waals surface area contributed by atoms with Gasteiger partial charge in [0, 0.05) is 5.70 Å². The van der Waals surface area contributed by atoms with Crippen molar-refractivity contribution in [1.82, 2.24) is 10.3 Å². The number of thiazole rings is 1. The minimum atomic E-state index is -5.11. The SMILES string of the molecule is COC(=O)C1=C(C)NC(=O)C1(Nc1nc2c(C)cccc2s1)C(F)(F)F. The molecule has 10 heteroatoms. The number of allylic oxidation sites excluding steroid dienone is 1. The van der Waals surface area contributed by atoms with Crippen LogP contribution in [0.15, 0.2) is 29.5 Å². The van der Waals surface area contributed by atoms with Gasteiger partial charge in [0.25, 0.3) is 5.91 Å². The number of amides is 1. The standard InChI is InChI=1S/C16H14F3N3O3S/c1-7-5-4-6-9-11(7)21-14(26-9)22-15(16(17,18)19)10(12(23)25-3)8(2)20-13(15)24/h4-6H,1-3H3,(H,20,24)(H,21,22). The maximum absolute atomic E-state index is 14.0. The minimum absolute atomic E-state index is 0.127. The van der Waals surface area contributed by atoms with E-state index in [2.05, 4.69) is 20.4 Å². The van der Waals surface area contributed by atoms with Gasteiger partial charge in [-0.2, -0.15) is 13.2 Å². The third-order valence-corrected chi connectivity index (χ3v) is 5.06. The van der Waals surface area contributed by atoms with E-state index in [1.807, 2.05) is 0 Å². The first-order chi connectivity index (χ1) is 12.1. The van der Waals surface area contributed by atoms with E-state index in [9.17, 15) is 22.8 Å². The van der Waals surface area contributed by atoms with E-state index >= 15 is 0 Å². The Morgan fingerprint density at radius 3 is 2.62 bits per heavy atom. The number of para-hydroxylation sites is 1. The first-order valence-corrected chi connectivity index (χ1v) is 8.25. The Hall–Kier alpha value is -2.62. The summed E-state index contributed by atoms with van der Waals surface area (Å²) in [4.78, 5) is 28.5. The average molecular weight is 385 g/mol. The third kappa shape index (κ3) is 2.52. The van der Waals surface area contributed by atoms with Crippen LogP contribution in [0.2, 0.25) is 0 Å². The number of anilines is 1. The van der Waals surface area contributed by atoms with Crippen molar-refractivity contribution in [1.29, 1.82) is 0 Å². The van der Waals surface area contributed by atoms with Gasteiger partial charge in [-0.3, -0.25) is 4.79 Å². The highest BCUT2D eigenvalue weighted by atomic mass is 32.1. The van der Waals surface area contributed by atoms with E-state index < -0.39 is 29.2 Å². The molecule has 1 unspecified atom stereocenters. The minimum Gasteiger partial charge on any atom is -0.466 e. The number of alkyl halides is 3. The van der Waals surface area contributed by atoms with Gasteiger partial charge in [0.1, 0.15) is 5.57 Å². The number of aryl methyl sites for hydroxylation is 1. The molecule has 1 aromatic carbocycles. The molecule has 0 saturated carbocycles. The topological polar surface area (TPSA) is 80.3 Å². The zero-order valence-corrected chi connectivity index (χ0v) is 14.8. The van der Waals surface area contributed by atoms with Crippen molar-refractivity contribution in [2.45, 2.75) is 25.6 Å². The number of hydrogen-bond acceptors (Lipinski definition) is 6. The normalized spacial score (nSPS) is 20.5. The Labute approximate surface area is 150 Å². The lowest BCUT2D eigenvalue weighted by molar-refractivity contribution is -0.178. The molecular weight excluding hydrogens is 371 g/mol. The van der Waals surface area contributed by atoms with Gasteiger partial charge in [-0.1, -0.05) is 23.5 Å². The van der Waals surface area contributed by atoms with Crippen LogP contribution in [0.1, 0.15) is 12.5 Å². The highest BCUT2D eigenvalue weighted by Crippen LogP contribution is 2.44. The highest BCUT2D eigenvalue weighted by Gasteiger charge is 2.68. The number of esters is 1. The molecule has 1 aliphatic rings. The van der Waals surface area contributed by atoms with Gasteiger partial charge in [-0.25, -0.2) is 9.78 Å². The van der Waals surface area contributed by atoms with E-state index in [1.165, 1.54) is 6.92 Å². The molecule has 0 radical (unpaired) electrons. The second-order valence-corrected chi connectivity index (χ2v) is 6.79. The molecule has 6 nitrogen and oxygen atoms in total. The quantitative estimate of drug-likeness (QED) is 0.795. The van der Waals surface area contributed by atoms with E-state index in [1.54, 1.807) is 25.1 Å². The Morgan fingerprint density at radius 2 is 2.04 bits per heavy atom. The van der Waals surface area contributed by atoms with Crippen LogP contribution in [0.4, 0.5) is 18.3 Å². The van der Waals surface area contributed by atoms with E-state index in [0.29, 0.717) is 10.2 Å². The molecule has 1 aliphatic heterocycles. The van der Waals surface area contributed by atoms with Gasteiger partial charge in [0.05, 0.1) is 17.3 Å². The fraction of sp³-hybridized carbons (Fsp3) is 0.312. The lowest BCUT2D eigenvalue weighted by atomic mass is 9.89. The Balaban J connectivity index is 2.18. The third-order valence-electron chi connectivity index (χ3n) is 4.12. The molecule has 0 fully saturated rings. The van der Waals surface area contributed by atoms with Crippen LogP contribution >= 0.6 is 11.3 Å². The molecule has 1 amide bonds. The van der Waals surface area contributed by atoms with Crippen molar-refractivity contribution in [2.24, 2.45) is 0 Å². The van der Waals surface area contributed by atoms with Gasteiger partial charge in [0.2, 0.25) is 5.54 Å². The van der Waals surface area contributed by atoms with Gasteiger partial charge >= 0.3 is 12.1 Å². The van der Waals surface area contributed by atoms with Crippen LogP contribution in [0.25, 0.3) is 10.2 Å². The number of ether oxygens (including phenoxy) is 1. The Bertz CT molecular complexity index is 951. The molecule has 2 aromatic rings. The summed E-state index contributed by atoms with van der Waals surface area (Å²) in [6.07, 6.45) is -5.11. The van der Waals surface area contributed by atoms with Crippen molar-refractivity contribution < 1.29 is 27.5 Å². The monoisotopic (exact) mass is 385 g/mol. The second kappa shape index (κ2) is 5.97. The van der Waals surface area contributed by atoms with Crippen LogP contribution in [0.3, 0.4) is 0 Å². The Kier molecular flexibility index (Phi) is 4.18. The van der Waals surface area contributed by atoms with E-state index in [-0.39, 0.29) is 10.8 Å². The summed E-state index contributed by atoms with van der Waals surface area (Å²) < 4.78 is 47.2. The molecule has 2 N–H and O–H groups in total. The summed E-state index contributed by atoms with van der Waals surface area (Å²) >= 11 is 0.961. The molecule has 0 spiro atoms. The van der Waals surface area contributed by atoms with Crippen molar-refractivity contribution in [3.05, 3.63) is 35.0 Å². The summed E-state index contributed by atoms with van der Waals surface area (Å²) in [6.45, 7) is 2.99. The number of aromatic nitrogens is 1. The molecule has 0 aliphatic carbocycles. The van der Waals surface area contributed by atoms with Crippen LogP contribution < -0.4 is 10.6 Å². The number of rotatable bonds is 3. The number of nitrogens with zero attached hydrogens (tertiary/aromatic N) is 1. The first-order valence-electron chi connectivity index (χ1n) is 7.44. The zero-order chi connectivity index (χ0) is 19.3. The van der Waals surface area contributed by atoms with Crippen molar-refractivity contribution in [3.63, 3.8) is 0 Å². The summed E-state index contributed by atoms with van der Waals surface area (Å²) in [6, 6.07) is 5.24. The zero-order valence-electron chi connectivity index (χ0n) is 13.9. The highest BCUT2D eigenvalue weighted by molar-refractivity contribution is 7.22. The average Bonchev–Trinajstić information content (AvgIpc) is 3.06. The number of methoxy groups -OCH3 is 1. The molecule has 0 saturated heterocycles. The molecule has 2 heterocycles. The van der Waals surface area contributed by atoms with Gasteiger partial charge in [0.15, 0.2) is 5.13 Å². The fourth-order valence-corrected chi connectivity index (χ4v) is 3.89. The van der Waals surface area contributed by atoms with Crippen LogP contribution in [-0.2, 0) is 14.3 Å². The largest absolute Gasteiger partial charge is 0.466 e. The molecule has 26 heavy (non-hydrogen) atoms. The number of nitrogens with one attached hydrogen (secondary N) is 2. The number of carbonyl (C=O) groups is 2. The van der Waals surface area contributed by atoms with Gasteiger partial charge in [-0.05, 0) is 25.5 Å². The van der Waals surface area contributed by atoms with Crippen LogP contribution in [0, 0.1) is 6.92 Å². The van der Waals surface area contributed by atoms with Gasteiger partial charge in [-0.15, -0.1) is 0 Å². The summed E-state index contributed by atoms with van der Waals surface area (Å²) in [5, 5.41) is 4.12. The van der Waals surface area contributed by atoms with Crippen molar-refractivity contribution in [2.75, 3.05) is 12.4 Å². The number of fused-ring (bicyclic) bond motifs is 1. The fourth-order valence-electron chi connectivity index (χ4n) is 2.89.